The minimum absolute atomic E-state index is 0.794. The Morgan fingerprint density at radius 3 is 2.33 bits per heavy atom. The maximum absolute atomic E-state index is 3.69. The Labute approximate surface area is 112 Å². The molecule has 3 saturated heterocycles. The number of hydrogen-bond donors (Lipinski definition) is 1. The van der Waals surface area contributed by atoms with Crippen molar-refractivity contribution in [3.05, 3.63) is 0 Å². The average Bonchev–Trinajstić information content (AvgIpc) is 2.99. The summed E-state index contributed by atoms with van der Waals surface area (Å²) in [5.74, 6) is 0. The molecule has 18 heavy (non-hydrogen) atoms. The standard InChI is InChI=1S/C15H29N3/c1-2-8-16-13-5-10-18(11-6-13)15-7-12-17-9-3-4-14(15)17/h13-16H,2-12H2,1H3. The van der Waals surface area contributed by atoms with Gasteiger partial charge in [0.25, 0.3) is 0 Å². The molecule has 0 aromatic carbocycles. The van der Waals surface area contributed by atoms with Gasteiger partial charge in [0.05, 0.1) is 0 Å². The third-order valence-corrected chi connectivity index (χ3v) is 5.25. The molecule has 104 valence electrons. The molecule has 0 bridgehead atoms. The SMILES string of the molecule is CCCNC1CCN(C2CCN3CCCC23)CC1. The van der Waals surface area contributed by atoms with Gasteiger partial charge >= 0.3 is 0 Å². The summed E-state index contributed by atoms with van der Waals surface area (Å²) in [6, 6.07) is 2.59. The predicted molar refractivity (Wildman–Crippen MR) is 75.9 cm³/mol. The molecular weight excluding hydrogens is 222 g/mol. The third-order valence-electron chi connectivity index (χ3n) is 5.25. The molecule has 3 fully saturated rings. The highest BCUT2D eigenvalue weighted by Crippen LogP contribution is 2.32. The van der Waals surface area contributed by atoms with E-state index in [0.29, 0.717) is 0 Å². The number of rotatable bonds is 4. The van der Waals surface area contributed by atoms with Crippen molar-refractivity contribution >= 4 is 0 Å². The van der Waals surface area contributed by atoms with Crippen molar-refractivity contribution in [2.75, 3.05) is 32.7 Å². The molecule has 0 amide bonds. The maximum Gasteiger partial charge on any atom is 0.0263 e. The van der Waals surface area contributed by atoms with E-state index in [1.165, 1.54) is 71.2 Å². The van der Waals surface area contributed by atoms with E-state index >= 15 is 0 Å². The van der Waals surface area contributed by atoms with Crippen LogP contribution in [0.3, 0.4) is 0 Å². The number of piperidine rings is 1. The summed E-state index contributed by atoms with van der Waals surface area (Å²) in [6.45, 7) is 8.85. The second-order valence-corrected chi connectivity index (χ2v) is 6.37. The highest BCUT2D eigenvalue weighted by Gasteiger charge is 2.40. The molecule has 2 unspecified atom stereocenters. The molecule has 0 aromatic rings. The summed E-state index contributed by atoms with van der Waals surface area (Å²) >= 11 is 0. The van der Waals surface area contributed by atoms with Crippen LogP contribution in [0.4, 0.5) is 0 Å². The lowest BCUT2D eigenvalue weighted by Crippen LogP contribution is -2.49. The molecule has 3 heteroatoms. The molecule has 3 rings (SSSR count). The van der Waals surface area contributed by atoms with Crippen molar-refractivity contribution in [3.8, 4) is 0 Å². The van der Waals surface area contributed by atoms with Crippen LogP contribution in [0.1, 0.15) is 45.4 Å². The van der Waals surface area contributed by atoms with Crippen LogP contribution in [0, 0.1) is 0 Å². The van der Waals surface area contributed by atoms with E-state index in [1.807, 2.05) is 0 Å². The van der Waals surface area contributed by atoms with Crippen LogP contribution in [-0.4, -0.2) is 60.6 Å². The number of nitrogens with one attached hydrogen (secondary N) is 1. The van der Waals surface area contributed by atoms with E-state index in [-0.39, 0.29) is 0 Å². The molecule has 0 saturated carbocycles. The Morgan fingerprint density at radius 2 is 1.56 bits per heavy atom. The lowest BCUT2D eigenvalue weighted by Gasteiger charge is -2.38. The lowest BCUT2D eigenvalue weighted by molar-refractivity contribution is 0.120. The second-order valence-electron chi connectivity index (χ2n) is 6.37. The van der Waals surface area contributed by atoms with Crippen molar-refractivity contribution in [1.82, 2.24) is 15.1 Å². The van der Waals surface area contributed by atoms with Gasteiger partial charge in [-0.25, -0.2) is 0 Å². The number of nitrogens with zero attached hydrogens (tertiary/aromatic N) is 2. The van der Waals surface area contributed by atoms with Crippen molar-refractivity contribution in [3.63, 3.8) is 0 Å². The molecule has 3 nitrogen and oxygen atoms in total. The normalized spacial score (nSPS) is 35.2. The van der Waals surface area contributed by atoms with Gasteiger partial charge in [-0.05, 0) is 64.7 Å². The highest BCUT2D eigenvalue weighted by atomic mass is 15.3. The second kappa shape index (κ2) is 5.89. The summed E-state index contributed by atoms with van der Waals surface area (Å²) in [5, 5.41) is 3.69. The van der Waals surface area contributed by atoms with Crippen LogP contribution in [0.25, 0.3) is 0 Å². The predicted octanol–water partition coefficient (Wildman–Crippen LogP) is 1.69. The molecule has 3 aliphatic rings. The number of likely N-dealkylation sites (tertiary alicyclic amines) is 1. The smallest absolute Gasteiger partial charge is 0.0263 e. The molecule has 0 aliphatic carbocycles. The Morgan fingerprint density at radius 1 is 0.889 bits per heavy atom. The van der Waals surface area contributed by atoms with E-state index in [0.717, 1.165) is 18.1 Å². The van der Waals surface area contributed by atoms with Crippen molar-refractivity contribution in [2.45, 2.75) is 63.6 Å². The fraction of sp³-hybridized carbons (Fsp3) is 1.00. The average molecular weight is 251 g/mol. The van der Waals surface area contributed by atoms with Crippen LogP contribution >= 0.6 is 0 Å². The minimum atomic E-state index is 0.794. The third kappa shape index (κ3) is 2.59. The van der Waals surface area contributed by atoms with Gasteiger partial charge in [-0.2, -0.15) is 0 Å². The van der Waals surface area contributed by atoms with Gasteiger partial charge in [-0.3, -0.25) is 9.80 Å². The summed E-state index contributed by atoms with van der Waals surface area (Å²) in [4.78, 5) is 5.55. The van der Waals surface area contributed by atoms with Crippen LogP contribution in [0.15, 0.2) is 0 Å². The van der Waals surface area contributed by atoms with Gasteiger partial charge in [0.15, 0.2) is 0 Å². The first-order valence-corrected chi connectivity index (χ1v) is 8.10. The summed E-state index contributed by atoms with van der Waals surface area (Å²) in [7, 11) is 0. The first kappa shape index (κ1) is 12.9. The Hall–Kier alpha value is -0.120. The molecule has 2 atom stereocenters. The van der Waals surface area contributed by atoms with E-state index in [1.54, 1.807) is 0 Å². The Kier molecular flexibility index (Phi) is 4.22. The maximum atomic E-state index is 3.69. The molecule has 1 N–H and O–H groups in total. The van der Waals surface area contributed by atoms with E-state index < -0.39 is 0 Å². The van der Waals surface area contributed by atoms with Gasteiger partial charge in [0.2, 0.25) is 0 Å². The van der Waals surface area contributed by atoms with Crippen molar-refractivity contribution in [2.24, 2.45) is 0 Å². The zero-order valence-electron chi connectivity index (χ0n) is 11.9. The first-order chi connectivity index (χ1) is 8.88. The monoisotopic (exact) mass is 251 g/mol. The Bertz CT molecular complexity index is 260. The topological polar surface area (TPSA) is 18.5 Å². The van der Waals surface area contributed by atoms with Gasteiger partial charge in [0.1, 0.15) is 0 Å². The fourth-order valence-corrected chi connectivity index (χ4v) is 4.27. The van der Waals surface area contributed by atoms with Crippen LogP contribution in [-0.2, 0) is 0 Å². The molecular formula is C15H29N3. The van der Waals surface area contributed by atoms with E-state index in [2.05, 4.69) is 22.0 Å². The largest absolute Gasteiger partial charge is 0.314 e. The molecule has 3 aliphatic heterocycles. The van der Waals surface area contributed by atoms with Gasteiger partial charge < -0.3 is 5.32 Å². The number of fused-ring (bicyclic) bond motifs is 1. The lowest BCUT2D eigenvalue weighted by atomic mass is 9.98. The van der Waals surface area contributed by atoms with Gasteiger partial charge in [0, 0.05) is 24.7 Å². The molecule has 3 heterocycles. The quantitative estimate of drug-likeness (QED) is 0.820. The fourth-order valence-electron chi connectivity index (χ4n) is 4.27. The van der Waals surface area contributed by atoms with Crippen molar-refractivity contribution < 1.29 is 0 Å². The van der Waals surface area contributed by atoms with Crippen LogP contribution in [0.5, 0.6) is 0 Å². The minimum Gasteiger partial charge on any atom is -0.314 e. The summed E-state index contributed by atoms with van der Waals surface area (Å²) in [5.41, 5.74) is 0. The summed E-state index contributed by atoms with van der Waals surface area (Å²) < 4.78 is 0. The summed E-state index contributed by atoms with van der Waals surface area (Å²) in [6.07, 6.45) is 8.32. The van der Waals surface area contributed by atoms with Gasteiger partial charge in [-0.1, -0.05) is 6.92 Å². The molecule has 0 aromatic heterocycles. The molecule has 0 radical (unpaired) electrons. The van der Waals surface area contributed by atoms with Gasteiger partial charge in [-0.15, -0.1) is 0 Å². The van der Waals surface area contributed by atoms with Crippen LogP contribution in [0.2, 0.25) is 0 Å². The zero-order chi connectivity index (χ0) is 12.4. The highest BCUT2D eigenvalue weighted by molar-refractivity contribution is 4.98. The number of hydrogen-bond acceptors (Lipinski definition) is 3. The van der Waals surface area contributed by atoms with Crippen LogP contribution < -0.4 is 5.32 Å². The Balaban J connectivity index is 1.47. The van der Waals surface area contributed by atoms with E-state index in [4.69, 9.17) is 0 Å². The van der Waals surface area contributed by atoms with Crippen molar-refractivity contribution in [1.29, 1.82) is 0 Å². The first-order valence-electron chi connectivity index (χ1n) is 8.10. The zero-order valence-corrected chi connectivity index (χ0v) is 11.9. The molecule has 0 spiro atoms. The van der Waals surface area contributed by atoms with E-state index in [9.17, 15) is 0 Å².